The summed E-state index contributed by atoms with van der Waals surface area (Å²) in [5, 5.41) is 22.8. The molecule has 4 nitrogen and oxygen atoms in total. The summed E-state index contributed by atoms with van der Waals surface area (Å²) in [6.07, 6.45) is 2.20. The molecule has 0 saturated heterocycles. The first kappa shape index (κ1) is 14.9. The van der Waals surface area contributed by atoms with E-state index in [4.69, 9.17) is 5.11 Å². The first-order valence-electron chi connectivity index (χ1n) is 7.15. The van der Waals surface area contributed by atoms with E-state index in [-0.39, 0.29) is 5.92 Å². The van der Waals surface area contributed by atoms with Crippen molar-refractivity contribution in [1.29, 1.82) is 0 Å². The third kappa shape index (κ3) is 3.73. The fourth-order valence-corrected chi connectivity index (χ4v) is 2.92. The van der Waals surface area contributed by atoms with Crippen molar-refractivity contribution in [2.24, 2.45) is 5.92 Å². The molecule has 20 heavy (non-hydrogen) atoms. The van der Waals surface area contributed by atoms with Crippen LogP contribution in [0.1, 0.15) is 36.8 Å². The molecule has 0 heterocycles. The number of hydrogen-bond acceptors (Lipinski definition) is 3. The van der Waals surface area contributed by atoms with Gasteiger partial charge in [-0.15, -0.1) is 0 Å². The van der Waals surface area contributed by atoms with Crippen molar-refractivity contribution in [2.45, 2.75) is 45.1 Å². The topological polar surface area (TPSA) is 69.6 Å². The van der Waals surface area contributed by atoms with E-state index >= 15 is 0 Å². The Morgan fingerprint density at radius 3 is 2.30 bits per heavy atom. The lowest BCUT2D eigenvalue weighted by molar-refractivity contribution is -0.144. The highest BCUT2D eigenvalue weighted by Gasteiger charge is 2.35. The molecule has 0 aromatic heterocycles. The van der Waals surface area contributed by atoms with Crippen LogP contribution in [0.3, 0.4) is 0 Å². The minimum absolute atomic E-state index is 0.295. The maximum absolute atomic E-state index is 10.9. The van der Waals surface area contributed by atoms with Gasteiger partial charge in [-0.05, 0) is 62.8 Å². The summed E-state index contributed by atoms with van der Waals surface area (Å²) in [6.45, 7) is 4.57. The van der Waals surface area contributed by atoms with Crippen LogP contribution in [0.2, 0.25) is 0 Å². The van der Waals surface area contributed by atoms with Gasteiger partial charge in [-0.2, -0.15) is 0 Å². The normalized spacial score (nSPS) is 26.2. The maximum atomic E-state index is 10.9. The van der Waals surface area contributed by atoms with Gasteiger partial charge >= 0.3 is 5.97 Å². The van der Waals surface area contributed by atoms with Gasteiger partial charge in [0.05, 0.1) is 11.5 Å². The molecule has 110 valence electrons. The number of carboxylic acid groups (broad SMARTS) is 1. The molecule has 1 aliphatic rings. The Morgan fingerprint density at radius 1 is 1.25 bits per heavy atom. The summed E-state index contributed by atoms with van der Waals surface area (Å²) >= 11 is 0. The highest BCUT2D eigenvalue weighted by molar-refractivity contribution is 5.70. The molecule has 1 aromatic rings. The summed E-state index contributed by atoms with van der Waals surface area (Å²) in [5.41, 5.74) is 2.60. The number of nitrogens with one attached hydrogen (secondary N) is 1. The van der Waals surface area contributed by atoms with Crippen molar-refractivity contribution in [1.82, 2.24) is 0 Å². The lowest BCUT2D eigenvalue weighted by Crippen LogP contribution is -2.41. The van der Waals surface area contributed by atoms with Gasteiger partial charge in [0, 0.05) is 12.2 Å². The molecule has 1 fully saturated rings. The van der Waals surface area contributed by atoms with Crippen LogP contribution in [0.5, 0.6) is 0 Å². The van der Waals surface area contributed by atoms with E-state index < -0.39 is 11.6 Å². The van der Waals surface area contributed by atoms with Crippen LogP contribution < -0.4 is 5.32 Å². The quantitative estimate of drug-likeness (QED) is 0.791. The standard InChI is InChI=1S/C16H23NO3/c1-11-7-12(2)9-14(8-11)17-10-16(20)5-3-13(4-6-16)15(18)19/h7-9,13,17,20H,3-6,10H2,1-2H3,(H,18,19). The highest BCUT2D eigenvalue weighted by Crippen LogP contribution is 2.32. The van der Waals surface area contributed by atoms with Crippen LogP contribution in [0, 0.1) is 19.8 Å². The number of hydrogen-bond donors (Lipinski definition) is 3. The molecule has 0 unspecified atom stereocenters. The van der Waals surface area contributed by atoms with E-state index in [0.29, 0.717) is 32.2 Å². The fraction of sp³-hybridized carbons (Fsp3) is 0.562. The van der Waals surface area contributed by atoms with E-state index in [1.54, 1.807) is 0 Å². The largest absolute Gasteiger partial charge is 0.481 e. The van der Waals surface area contributed by atoms with Crippen LogP contribution in [-0.4, -0.2) is 28.3 Å². The van der Waals surface area contributed by atoms with Gasteiger partial charge < -0.3 is 15.5 Å². The summed E-state index contributed by atoms with van der Waals surface area (Å²) < 4.78 is 0. The monoisotopic (exact) mass is 277 g/mol. The highest BCUT2D eigenvalue weighted by atomic mass is 16.4. The van der Waals surface area contributed by atoms with E-state index in [0.717, 1.165) is 5.69 Å². The maximum Gasteiger partial charge on any atom is 0.306 e. The first-order valence-corrected chi connectivity index (χ1v) is 7.15. The first-order chi connectivity index (χ1) is 9.38. The second-order valence-corrected chi connectivity index (χ2v) is 6.07. The van der Waals surface area contributed by atoms with Gasteiger partial charge in [0.15, 0.2) is 0 Å². The Bertz CT molecular complexity index is 470. The average Bonchev–Trinajstić information content (AvgIpc) is 2.36. The second-order valence-electron chi connectivity index (χ2n) is 6.07. The van der Waals surface area contributed by atoms with Crippen LogP contribution >= 0.6 is 0 Å². The molecular weight excluding hydrogens is 254 g/mol. The number of aliphatic hydroxyl groups is 1. The summed E-state index contributed by atoms with van der Waals surface area (Å²) in [7, 11) is 0. The SMILES string of the molecule is Cc1cc(C)cc(NCC2(O)CCC(C(=O)O)CC2)c1. The summed E-state index contributed by atoms with van der Waals surface area (Å²) in [5.74, 6) is -1.04. The van der Waals surface area contributed by atoms with Crippen molar-refractivity contribution in [3.63, 3.8) is 0 Å². The Labute approximate surface area is 119 Å². The zero-order valence-electron chi connectivity index (χ0n) is 12.1. The number of anilines is 1. The molecule has 2 rings (SSSR count). The molecule has 0 atom stereocenters. The number of aryl methyl sites for hydroxylation is 2. The zero-order chi connectivity index (χ0) is 14.8. The Hall–Kier alpha value is -1.55. The van der Waals surface area contributed by atoms with Crippen molar-refractivity contribution in [2.75, 3.05) is 11.9 Å². The fourth-order valence-electron chi connectivity index (χ4n) is 2.92. The molecule has 0 amide bonds. The molecule has 0 aliphatic heterocycles. The van der Waals surface area contributed by atoms with E-state index in [9.17, 15) is 9.90 Å². The molecule has 0 radical (unpaired) electrons. The predicted molar refractivity (Wildman–Crippen MR) is 78.9 cm³/mol. The second kappa shape index (κ2) is 5.83. The molecule has 1 aliphatic carbocycles. The van der Waals surface area contributed by atoms with Gasteiger partial charge in [-0.3, -0.25) is 4.79 Å². The van der Waals surface area contributed by atoms with Gasteiger partial charge in [-0.1, -0.05) is 6.07 Å². The molecule has 1 saturated carbocycles. The van der Waals surface area contributed by atoms with Crippen LogP contribution in [0.4, 0.5) is 5.69 Å². The lowest BCUT2D eigenvalue weighted by atomic mass is 9.79. The van der Waals surface area contributed by atoms with Crippen molar-refractivity contribution < 1.29 is 15.0 Å². The van der Waals surface area contributed by atoms with Crippen LogP contribution in [-0.2, 0) is 4.79 Å². The van der Waals surface area contributed by atoms with Gasteiger partial charge in [0.2, 0.25) is 0 Å². The van der Waals surface area contributed by atoms with Crippen LogP contribution in [0.25, 0.3) is 0 Å². The van der Waals surface area contributed by atoms with Gasteiger partial charge in [0.1, 0.15) is 0 Å². The zero-order valence-corrected chi connectivity index (χ0v) is 12.1. The van der Waals surface area contributed by atoms with E-state index in [1.807, 2.05) is 13.8 Å². The average molecular weight is 277 g/mol. The third-order valence-electron chi connectivity index (χ3n) is 4.11. The number of rotatable bonds is 4. The minimum Gasteiger partial charge on any atom is -0.481 e. The molecule has 3 N–H and O–H groups in total. The molecule has 1 aromatic carbocycles. The summed E-state index contributed by atoms with van der Waals surface area (Å²) in [6, 6.07) is 6.22. The Morgan fingerprint density at radius 2 is 1.80 bits per heavy atom. The number of carboxylic acids is 1. The van der Waals surface area contributed by atoms with Gasteiger partial charge in [-0.25, -0.2) is 0 Å². The van der Waals surface area contributed by atoms with E-state index in [2.05, 4.69) is 23.5 Å². The third-order valence-corrected chi connectivity index (χ3v) is 4.11. The van der Waals surface area contributed by atoms with E-state index in [1.165, 1.54) is 11.1 Å². The van der Waals surface area contributed by atoms with Crippen molar-refractivity contribution in [3.05, 3.63) is 29.3 Å². The molecule has 0 spiro atoms. The minimum atomic E-state index is -0.788. The molecular formula is C16H23NO3. The number of carbonyl (C=O) groups is 1. The Balaban J connectivity index is 1.92. The smallest absolute Gasteiger partial charge is 0.306 e. The summed E-state index contributed by atoms with van der Waals surface area (Å²) in [4.78, 5) is 10.9. The van der Waals surface area contributed by atoms with Crippen molar-refractivity contribution >= 4 is 11.7 Å². The Kier molecular flexibility index (Phi) is 4.33. The van der Waals surface area contributed by atoms with Gasteiger partial charge in [0.25, 0.3) is 0 Å². The van der Waals surface area contributed by atoms with Crippen molar-refractivity contribution in [3.8, 4) is 0 Å². The predicted octanol–water partition coefficient (Wildman–Crippen LogP) is 2.72. The lowest BCUT2D eigenvalue weighted by Gasteiger charge is -2.35. The molecule has 0 bridgehead atoms. The molecule has 4 heteroatoms. The van der Waals surface area contributed by atoms with Crippen LogP contribution in [0.15, 0.2) is 18.2 Å². The number of benzene rings is 1. The number of aliphatic carboxylic acids is 1.